The third kappa shape index (κ3) is 3.67. The third-order valence-corrected chi connectivity index (χ3v) is 5.08. The standard InChI is InChI=1S/C20H20F2N4O2/c1-25-18(24-17-3-2-7-23-20(17)25)9-13-6-8-26(11-13)19(27)12-28-14-4-5-15(21)16(22)10-14/h2-5,7,10,13H,6,8-9,11-12H2,1H3. The van der Waals surface area contributed by atoms with Crippen LogP contribution < -0.4 is 4.74 Å². The Hall–Kier alpha value is -3.03. The fourth-order valence-corrected chi connectivity index (χ4v) is 3.54. The molecule has 1 unspecified atom stereocenters. The molecule has 0 saturated carbocycles. The number of likely N-dealkylation sites (tertiary alicyclic amines) is 1. The molecule has 28 heavy (non-hydrogen) atoms. The van der Waals surface area contributed by atoms with E-state index >= 15 is 0 Å². The van der Waals surface area contributed by atoms with Gasteiger partial charge in [0.05, 0.1) is 0 Å². The van der Waals surface area contributed by atoms with Gasteiger partial charge in [0.25, 0.3) is 5.91 Å². The molecule has 4 rings (SSSR count). The molecule has 0 radical (unpaired) electrons. The predicted molar refractivity (Wildman–Crippen MR) is 98.8 cm³/mol. The number of halogens is 2. The number of rotatable bonds is 5. The first kappa shape index (κ1) is 18.3. The summed E-state index contributed by atoms with van der Waals surface area (Å²) in [6.07, 6.45) is 3.39. The molecule has 1 aromatic carbocycles. The predicted octanol–water partition coefficient (Wildman–Crippen LogP) is 2.72. The van der Waals surface area contributed by atoms with E-state index in [0.717, 1.165) is 42.0 Å². The van der Waals surface area contributed by atoms with Gasteiger partial charge in [0, 0.05) is 38.8 Å². The maximum atomic E-state index is 13.2. The van der Waals surface area contributed by atoms with Crippen LogP contribution in [0.3, 0.4) is 0 Å². The molecule has 146 valence electrons. The lowest BCUT2D eigenvalue weighted by molar-refractivity contribution is -0.132. The number of nitrogens with zero attached hydrogens (tertiary/aromatic N) is 4. The van der Waals surface area contributed by atoms with Gasteiger partial charge < -0.3 is 14.2 Å². The van der Waals surface area contributed by atoms with E-state index < -0.39 is 11.6 Å². The first-order valence-electron chi connectivity index (χ1n) is 9.13. The average Bonchev–Trinajstić information content (AvgIpc) is 3.28. The van der Waals surface area contributed by atoms with E-state index in [1.54, 1.807) is 11.1 Å². The Morgan fingerprint density at radius 2 is 2.14 bits per heavy atom. The lowest BCUT2D eigenvalue weighted by Gasteiger charge is -2.17. The Morgan fingerprint density at radius 1 is 1.29 bits per heavy atom. The Labute approximate surface area is 160 Å². The van der Waals surface area contributed by atoms with E-state index in [0.29, 0.717) is 19.0 Å². The van der Waals surface area contributed by atoms with Gasteiger partial charge in [0.1, 0.15) is 17.1 Å². The number of fused-ring (bicyclic) bond motifs is 1. The zero-order valence-electron chi connectivity index (χ0n) is 15.4. The van der Waals surface area contributed by atoms with Gasteiger partial charge in [-0.3, -0.25) is 4.79 Å². The molecule has 1 aliphatic rings. The minimum atomic E-state index is -0.997. The Morgan fingerprint density at radius 3 is 2.93 bits per heavy atom. The number of pyridine rings is 1. The van der Waals surface area contributed by atoms with Crippen molar-refractivity contribution in [3.63, 3.8) is 0 Å². The van der Waals surface area contributed by atoms with E-state index in [1.807, 2.05) is 23.7 Å². The van der Waals surface area contributed by atoms with E-state index in [2.05, 4.69) is 9.97 Å². The van der Waals surface area contributed by atoms with E-state index in [1.165, 1.54) is 6.07 Å². The molecular weight excluding hydrogens is 366 g/mol. The lowest BCUT2D eigenvalue weighted by atomic mass is 10.0. The summed E-state index contributed by atoms with van der Waals surface area (Å²) in [4.78, 5) is 23.1. The number of aryl methyl sites for hydroxylation is 1. The second-order valence-electron chi connectivity index (χ2n) is 7.00. The summed E-state index contributed by atoms with van der Waals surface area (Å²) in [5, 5.41) is 0. The van der Waals surface area contributed by atoms with Crippen molar-refractivity contribution in [3.8, 4) is 5.75 Å². The highest BCUT2D eigenvalue weighted by molar-refractivity contribution is 5.78. The number of benzene rings is 1. The molecule has 2 aromatic heterocycles. The molecule has 1 fully saturated rings. The molecule has 3 heterocycles. The van der Waals surface area contributed by atoms with Gasteiger partial charge >= 0.3 is 0 Å². The molecule has 0 N–H and O–H groups in total. The van der Waals surface area contributed by atoms with Gasteiger partial charge in [0.2, 0.25) is 0 Å². The monoisotopic (exact) mass is 386 g/mol. The summed E-state index contributed by atoms with van der Waals surface area (Å²) < 4.78 is 33.5. The number of aromatic nitrogens is 3. The molecule has 3 aromatic rings. The summed E-state index contributed by atoms with van der Waals surface area (Å²) >= 11 is 0. The highest BCUT2D eigenvalue weighted by atomic mass is 19.2. The normalized spacial score (nSPS) is 16.7. The van der Waals surface area contributed by atoms with Crippen molar-refractivity contribution in [2.24, 2.45) is 13.0 Å². The Bertz CT molecular complexity index is 1020. The van der Waals surface area contributed by atoms with Crippen LogP contribution in [-0.2, 0) is 18.3 Å². The van der Waals surface area contributed by atoms with Gasteiger partial charge in [-0.1, -0.05) is 0 Å². The van der Waals surface area contributed by atoms with Crippen molar-refractivity contribution in [1.29, 1.82) is 0 Å². The zero-order chi connectivity index (χ0) is 19.7. The summed E-state index contributed by atoms with van der Waals surface area (Å²) in [6.45, 7) is 1.07. The first-order valence-corrected chi connectivity index (χ1v) is 9.13. The lowest BCUT2D eigenvalue weighted by Crippen LogP contribution is -2.33. The van der Waals surface area contributed by atoms with Crippen molar-refractivity contribution >= 4 is 17.1 Å². The van der Waals surface area contributed by atoms with Crippen LogP contribution in [0.25, 0.3) is 11.2 Å². The van der Waals surface area contributed by atoms with Crippen LogP contribution in [0, 0.1) is 17.6 Å². The number of imidazole rings is 1. The largest absolute Gasteiger partial charge is 0.484 e. The van der Waals surface area contributed by atoms with Gasteiger partial charge in [0.15, 0.2) is 23.9 Å². The number of ether oxygens (including phenoxy) is 1. The molecule has 0 bridgehead atoms. The Balaban J connectivity index is 1.33. The minimum Gasteiger partial charge on any atom is -0.484 e. The number of amides is 1. The summed E-state index contributed by atoms with van der Waals surface area (Å²) in [5.74, 6) is -0.718. The van der Waals surface area contributed by atoms with Gasteiger partial charge in [-0.15, -0.1) is 0 Å². The van der Waals surface area contributed by atoms with E-state index in [-0.39, 0.29) is 18.3 Å². The third-order valence-electron chi connectivity index (χ3n) is 5.08. The van der Waals surface area contributed by atoms with Crippen molar-refractivity contribution in [3.05, 3.63) is 54.0 Å². The fraction of sp³-hybridized carbons (Fsp3) is 0.350. The van der Waals surface area contributed by atoms with Crippen LogP contribution in [0.2, 0.25) is 0 Å². The second-order valence-corrected chi connectivity index (χ2v) is 7.00. The van der Waals surface area contributed by atoms with E-state index in [9.17, 15) is 13.6 Å². The van der Waals surface area contributed by atoms with Crippen LogP contribution >= 0.6 is 0 Å². The molecule has 0 aliphatic carbocycles. The molecule has 1 amide bonds. The van der Waals surface area contributed by atoms with Crippen LogP contribution in [0.15, 0.2) is 36.5 Å². The summed E-state index contributed by atoms with van der Waals surface area (Å²) in [7, 11) is 1.95. The topological polar surface area (TPSA) is 60.2 Å². The van der Waals surface area contributed by atoms with Crippen molar-refractivity contribution in [1.82, 2.24) is 19.4 Å². The average molecular weight is 386 g/mol. The van der Waals surface area contributed by atoms with Crippen molar-refractivity contribution in [2.75, 3.05) is 19.7 Å². The van der Waals surface area contributed by atoms with Crippen molar-refractivity contribution < 1.29 is 18.3 Å². The van der Waals surface area contributed by atoms with Gasteiger partial charge in [-0.25, -0.2) is 18.7 Å². The second kappa shape index (κ2) is 7.53. The highest BCUT2D eigenvalue weighted by Crippen LogP contribution is 2.23. The van der Waals surface area contributed by atoms with Crippen LogP contribution in [0.5, 0.6) is 5.75 Å². The molecule has 1 aliphatic heterocycles. The fourth-order valence-electron chi connectivity index (χ4n) is 3.54. The SMILES string of the molecule is Cn1c(CC2CCN(C(=O)COc3ccc(F)c(F)c3)C2)nc2cccnc21. The van der Waals surface area contributed by atoms with Crippen LogP contribution in [0.1, 0.15) is 12.2 Å². The molecule has 1 saturated heterocycles. The highest BCUT2D eigenvalue weighted by Gasteiger charge is 2.28. The first-order chi connectivity index (χ1) is 13.5. The van der Waals surface area contributed by atoms with Crippen LogP contribution in [0.4, 0.5) is 8.78 Å². The molecule has 6 nitrogen and oxygen atoms in total. The maximum absolute atomic E-state index is 13.2. The van der Waals surface area contributed by atoms with Crippen molar-refractivity contribution in [2.45, 2.75) is 12.8 Å². The van der Waals surface area contributed by atoms with Crippen LogP contribution in [-0.4, -0.2) is 45.0 Å². The maximum Gasteiger partial charge on any atom is 0.260 e. The van der Waals surface area contributed by atoms with E-state index in [4.69, 9.17) is 4.74 Å². The number of carbonyl (C=O) groups excluding carboxylic acids is 1. The quantitative estimate of drug-likeness (QED) is 0.677. The molecule has 0 spiro atoms. The van der Waals surface area contributed by atoms with Gasteiger partial charge in [-0.05, 0) is 36.6 Å². The van der Waals surface area contributed by atoms with Gasteiger partial charge in [-0.2, -0.15) is 0 Å². The molecule has 1 atom stereocenters. The summed E-state index contributed by atoms with van der Waals surface area (Å²) in [6, 6.07) is 7.02. The number of hydrogen-bond donors (Lipinski definition) is 0. The number of hydrogen-bond acceptors (Lipinski definition) is 4. The number of carbonyl (C=O) groups is 1. The Kier molecular flexibility index (Phi) is 4.93. The smallest absolute Gasteiger partial charge is 0.260 e. The summed E-state index contributed by atoms with van der Waals surface area (Å²) in [5.41, 5.74) is 1.72. The minimum absolute atomic E-state index is 0.134. The zero-order valence-corrected chi connectivity index (χ0v) is 15.4. The molecular formula is C20H20F2N4O2. The molecule has 8 heteroatoms.